The van der Waals surface area contributed by atoms with Gasteiger partial charge in [0.15, 0.2) is 5.75 Å². The zero-order valence-electron chi connectivity index (χ0n) is 7.19. The average molecular weight is 179 g/mol. The van der Waals surface area contributed by atoms with Gasteiger partial charge in [-0.15, -0.1) is 0 Å². The van der Waals surface area contributed by atoms with E-state index in [1.807, 2.05) is 0 Å². The summed E-state index contributed by atoms with van der Waals surface area (Å²) in [4.78, 5) is 10.2. The van der Waals surface area contributed by atoms with Gasteiger partial charge in [-0.3, -0.25) is 10.1 Å². The predicted molar refractivity (Wildman–Crippen MR) is 49.7 cm³/mol. The molecule has 1 aromatic carbocycles. The number of benzene rings is 1. The molecule has 0 atom stereocenters. The molecule has 0 bridgehead atoms. The van der Waals surface area contributed by atoms with Gasteiger partial charge in [0.2, 0.25) is 0 Å². The third-order valence-electron chi connectivity index (χ3n) is 1.65. The van der Waals surface area contributed by atoms with Gasteiger partial charge in [-0.05, 0) is 12.1 Å². The Morgan fingerprint density at radius 2 is 2.31 bits per heavy atom. The molecule has 0 spiro atoms. The molecular weight excluding hydrogens is 170 g/mol. The van der Waals surface area contributed by atoms with Crippen molar-refractivity contribution >= 4 is 11.8 Å². The van der Waals surface area contributed by atoms with Gasteiger partial charge >= 0.3 is 5.69 Å². The van der Waals surface area contributed by atoms with E-state index in [9.17, 15) is 10.1 Å². The molecule has 4 nitrogen and oxygen atoms in total. The number of nitro benzene ring substituents is 1. The molecule has 0 aliphatic heterocycles. The molecule has 0 aliphatic carbocycles. The van der Waals surface area contributed by atoms with E-state index in [4.69, 9.17) is 4.74 Å². The van der Waals surface area contributed by atoms with Crippen molar-refractivity contribution in [2.45, 2.75) is 0 Å². The fraction of sp³-hybridized carbons (Fsp3) is 0.111. The van der Waals surface area contributed by atoms with E-state index in [2.05, 4.69) is 6.58 Å². The van der Waals surface area contributed by atoms with Crippen molar-refractivity contribution in [2.75, 3.05) is 7.11 Å². The lowest BCUT2D eigenvalue weighted by atomic mass is 10.1. The highest BCUT2D eigenvalue weighted by Gasteiger charge is 2.17. The van der Waals surface area contributed by atoms with Crippen molar-refractivity contribution in [3.63, 3.8) is 0 Å². The summed E-state index contributed by atoms with van der Waals surface area (Å²) in [7, 11) is 1.40. The molecule has 13 heavy (non-hydrogen) atoms. The number of ether oxygens (including phenoxy) is 1. The van der Waals surface area contributed by atoms with Gasteiger partial charge in [0.25, 0.3) is 0 Å². The molecule has 1 rings (SSSR count). The molecule has 0 aromatic heterocycles. The summed E-state index contributed by atoms with van der Waals surface area (Å²) in [6, 6.07) is 4.85. The molecule has 0 radical (unpaired) electrons. The first kappa shape index (κ1) is 9.25. The van der Waals surface area contributed by atoms with Crippen LogP contribution >= 0.6 is 0 Å². The molecule has 0 N–H and O–H groups in total. The first-order valence-corrected chi connectivity index (χ1v) is 3.64. The lowest BCUT2D eigenvalue weighted by Crippen LogP contribution is -1.95. The first-order valence-electron chi connectivity index (χ1n) is 3.64. The van der Waals surface area contributed by atoms with E-state index in [0.29, 0.717) is 5.56 Å². The third-order valence-corrected chi connectivity index (χ3v) is 1.65. The van der Waals surface area contributed by atoms with Crippen LogP contribution in [0.15, 0.2) is 24.8 Å². The summed E-state index contributed by atoms with van der Waals surface area (Å²) in [6.45, 7) is 3.49. The van der Waals surface area contributed by atoms with Crippen molar-refractivity contribution in [3.05, 3.63) is 40.5 Å². The van der Waals surface area contributed by atoms with Crippen molar-refractivity contribution < 1.29 is 9.66 Å². The van der Waals surface area contributed by atoms with Crippen LogP contribution in [0.1, 0.15) is 5.56 Å². The molecule has 0 unspecified atom stereocenters. The topological polar surface area (TPSA) is 52.4 Å². The monoisotopic (exact) mass is 179 g/mol. The molecular formula is C9H9NO3. The van der Waals surface area contributed by atoms with Crippen LogP contribution in [-0.2, 0) is 0 Å². The maximum atomic E-state index is 10.6. The number of hydrogen-bond acceptors (Lipinski definition) is 3. The summed E-state index contributed by atoms with van der Waals surface area (Å²) in [6.07, 6.45) is 1.43. The second-order valence-electron chi connectivity index (χ2n) is 2.36. The van der Waals surface area contributed by atoms with E-state index in [0.717, 1.165) is 0 Å². The number of rotatable bonds is 3. The summed E-state index contributed by atoms with van der Waals surface area (Å²) in [5.74, 6) is 0.252. The minimum Gasteiger partial charge on any atom is -0.490 e. The molecule has 0 fully saturated rings. The Hall–Kier alpha value is -1.84. The van der Waals surface area contributed by atoms with Crippen LogP contribution in [-0.4, -0.2) is 12.0 Å². The van der Waals surface area contributed by atoms with Crippen LogP contribution in [0.3, 0.4) is 0 Å². The number of methoxy groups -OCH3 is 1. The highest BCUT2D eigenvalue weighted by atomic mass is 16.6. The fourth-order valence-corrected chi connectivity index (χ4v) is 1.06. The Labute approximate surface area is 75.6 Å². The molecule has 0 saturated heterocycles. The molecule has 4 heteroatoms. The third kappa shape index (κ3) is 1.66. The van der Waals surface area contributed by atoms with E-state index < -0.39 is 4.92 Å². The quantitative estimate of drug-likeness (QED) is 0.528. The van der Waals surface area contributed by atoms with Crippen LogP contribution in [0.25, 0.3) is 6.08 Å². The van der Waals surface area contributed by atoms with Gasteiger partial charge in [-0.2, -0.15) is 0 Å². The smallest absolute Gasteiger partial charge is 0.318 e. The minimum atomic E-state index is -0.476. The van der Waals surface area contributed by atoms with Crippen LogP contribution in [0.5, 0.6) is 5.75 Å². The van der Waals surface area contributed by atoms with E-state index in [1.54, 1.807) is 18.2 Å². The molecule has 0 amide bonds. The van der Waals surface area contributed by atoms with Gasteiger partial charge in [0.1, 0.15) is 0 Å². The first-order chi connectivity index (χ1) is 6.20. The highest BCUT2D eigenvalue weighted by molar-refractivity contribution is 5.65. The SMILES string of the molecule is C=Cc1cccc(OC)c1[N+](=O)[O-]. The Bertz CT molecular complexity index is 347. The van der Waals surface area contributed by atoms with Gasteiger partial charge in [-0.1, -0.05) is 18.7 Å². The highest BCUT2D eigenvalue weighted by Crippen LogP contribution is 2.30. The minimum absolute atomic E-state index is 0.0417. The van der Waals surface area contributed by atoms with Crippen molar-refractivity contribution in [2.24, 2.45) is 0 Å². The summed E-state index contributed by atoms with van der Waals surface area (Å²) in [5.41, 5.74) is 0.421. The van der Waals surface area contributed by atoms with Crippen molar-refractivity contribution in [3.8, 4) is 5.75 Å². The second kappa shape index (κ2) is 3.71. The lowest BCUT2D eigenvalue weighted by molar-refractivity contribution is -0.386. The second-order valence-corrected chi connectivity index (χ2v) is 2.36. The molecule has 0 aliphatic rings. The van der Waals surface area contributed by atoms with Crippen LogP contribution < -0.4 is 4.74 Å². The van der Waals surface area contributed by atoms with Crippen LogP contribution in [0.4, 0.5) is 5.69 Å². The average Bonchev–Trinajstić information content (AvgIpc) is 2.16. The maximum Gasteiger partial charge on any atom is 0.318 e. The van der Waals surface area contributed by atoms with Crippen LogP contribution in [0.2, 0.25) is 0 Å². The number of para-hydroxylation sites is 1. The van der Waals surface area contributed by atoms with Gasteiger partial charge in [0, 0.05) is 0 Å². The van der Waals surface area contributed by atoms with Gasteiger partial charge < -0.3 is 4.74 Å². The normalized spacial score (nSPS) is 9.31. The van der Waals surface area contributed by atoms with Crippen LogP contribution in [0, 0.1) is 10.1 Å². The van der Waals surface area contributed by atoms with E-state index in [-0.39, 0.29) is 11.4 Å². The Morgan fingerprint density at radius 3 is 2.77 bits per heavy atom. The van der Waals surface area contributed by atoms with E-state index >= 15 is 0 Å². The maximum absolute atomic E-state index is 10.6. The van der Waals surface area contributed by atoms with Crippen molar-refractivity contribution in [1.29, 1.82) is 0 Å². The Kier molecular flexibility index (Phi) is 2.64. The lowest BCUT2D eigenvalue weighted by Gasteiger charge is -2.02. The molecule has 0 heterocycles. The van der Waals surface area contributed by atoms with Gasteiger partial charge in [-0.25, -0.2) is 0 Å². The molecule has 0 saturated carbocycles. The predicted octanol–water partition coefficient (Wildman–Crippen LogP) is 2.25. The van der Waals surface area contributed by atoms with Gasteiger partial charge in [0.05, 0.1) is 17.6 Å². The zero-order chi connectivity index (χ0) is 9.84. The van der Waals surface area contributed by atoms with Crippen molar-refractivity contribution in [1.82, 2.24) is 0 Å². The fourth-order valence-electron chi connectivity index (χ4n) is 1.06. The summed E-state index contributed by atoms with van der Waals surface area (Å²) < 4.78 is 4.86. The zero-order valence-corrected chi connectivity index (χ0v) is 7.19. The summed E-state index contributed by atoms with van der Waals surface area (Å²) >= 11 is 0. The number of nitrogens with zero attached hydrogens (tertiary/aromatic N) is 1. The molecule has 68 valence electrons. The Balaban J connectivity index is 3.38. The van der Waals surface area contributed by atoms with E-state index in [1.165, 1.54) is 13.2 Å². The number of nitro groups is 1. The largest absolute Gasteiger partial charge is 0.490 e. The molecule has 1 aromatic rings. The Morgan fingerprint density at radius 1 is 1.62 bits per heavy atom. The standard InChI is InChI=1S/C9H9NO3/c1-3-7-5-4-6-8(13-2)9(7)10(11)12/h3-6H,1H2,2H3. The number of hydrogen-bond donors (Lipinski definition) is 0. The summed E-state index contributed by atoms with van der Waals surface area (Å²) in [5, 5.41) is 10.6.